The van der Waals surface area contributed by atoms with E-state index in [2.05, 4.69) is 28.3 Å². The van der Waals surface area contributed by atoms with E-state index < -0.39 is 0 Å². The first-order valence-corrected chi connectivity index (χ1v) is 7.30. The Morgan fingerprint density at radius 1 is 1.48 bits per heavy atom. The summed E-state index contributed by atoms with van der Waals surface area (Å²) >= 11 is 0. The van der Waals surface area contributed by atoms with Crippen LogP contribution in [0.25, 0.3) is 0 Å². The van der Waals surface area contributed by atoms with Crippen LogP contribution in [-0.2, 0) is 0 Å². The molecule has 1 aromatic heterocycles. The number of hydrogen-bond acceptors (Lipinski definition) is 5. The lowest BCUT2D eigenvalue weighted by molar-refractivity contribution is 0.0733. The van der Waals surface area contributed by atoms with Crippen LogP contribution in [0.2, 0.25) is 0 Å². The van der Waals surface area contributed by atoms with Gasteiger partial charge in [0.2, 0.25) is 0 Å². The predicted octanol–water partition coefficient (Wildman–Crippen LogP) is 2.31. The van der Waals surface area contributed by atoms with E-state index >= 15 is 0 Å². The molecule has 0 fully saturated rings. The number of nitrogens with one attached hydrogen (secondary N) is 1. The van der Waals surface area contributed by atoms with Crippen molar-refractivity contribution in [2.75, 3.05) is 25.0 Å². The van der Waals surface area contributed by atoms with Gasteiger partial charge in [-0.1, -0.05) is 20.8 Å². The van der Waals surface area contributed by atoms with E-state index in [4.69, 9.17) is 5.26 Å². The fraction of sp³-hybridized carbons (Fsp3) is 0.600. The zero-order valence-corrected chi connectivity index (χ0v) is 13.0. The molecule has 0 saturated carbocycles. The van der Waals surface area contributed by atoms with E-state index in [1.54, 1.807) is 11.1 Å². The van der Waals surface area contributed by atoms with Gasteiger partial charge >= 0.3 is 0 Å². The van der Waals surface area contributed by atoms with Crippen molar-refractivity contribution in [1.29, 1.82) is 5.26 Å². The van der Waals surface area contributed by atoms with Gasteiger partial charge in [0.05, 0.1) is 24.9 Å². The second-order valence-corrected chi connectivity index (χ2v) is 5.27. The largest absolute Gasteiger partial charge is 0.369 e. The minimum absolute atomic E-state index is 0.174. The maximum Gasteiger partial charge on any atom is 0.274 e. The maximum atomic E-state index is 12.5. The number of hydrogen-bond donors (Lipinski definition) is 1. The number of anilines is 1. The Hall–Kier alpha value is -2.16. The van der Waals surface area contributed by atoms with Crippen LogP contribution >= 0.6 is 0 Å². The third-order valence-corrected chi connectivity index (χ3v) is 2.78. The molecule has 1 heterocycles. The van der Waals surface area contributed by atoms with E-state index in [0.717, 1.165) is 13.0 Å². The molecule has 6 heteroatoms. The third kappa shape index (κ3) is 5.78. The molecule has 0 aromatic carbocycles. The molecule has 0 saturated heterocycles. The summed E-state index contributed by atoms with van der Waals surface area (Å²) in [5.74, 6) is 0.765. The minimum Gasteiger partial charge on any atom is -0.369 e. The molecule has 1 amide bonds. The SMILES string of the molecule is CCCNc1cncc(C(=O)N(CCC#N)CC(C)C)n1. The summed E-state index contributed by atoms with van der Waals surface area (Å²) in [6.07, 6.45) is 4.37. The number of aromatic nitrogens is 2. The molecule has 0 aliphatic rings. The predicted molar refractivity (Wildman–Crippen MR) is 81.8 cm³/mol. The van der Waals surface area contributed by atoms with Crippen molar-refractivity contribution >= 4 is 11.7 Å². The van der Waals surface area contributed by atoms with Gasteiger partial charge < -0.3 is 10.2 Å². The summed E-state index contributed by atoms with van der Waals surface area (Å²) in [6.45, 7) is 7.95. The van der Waals surface area contributed by atoms with E-state index in [9.17, 15) is 4.79 Å². The Kier molecular flexibility index (Phi) is 7.16. The van der Waals surface area contributed by atoms with E-state index in [1.165, 1.54) is 6.20 Å². The van der Waals surface area contributed by atoms with Gasteiger partial charge in [0.25, 0.3) is 5.91 Å². The Bertz CT molecular complexity index is 495. The quantitative estimate of drug-likeness (QED) is 0.794. The summed E-state index contributed by atoms with van der Waals surface area (Å²) in [6, 6.07) is 2.07. The molecule has 0 bridgehead atoms. The Balaban J connectivity index is 2.84. The lowest BCUT2D eigenvalue weighted by atomic mass is 10.2. The molecule has 0 unspecified atom stereocenters. The van der Waals surface area contributed by atoms with Crippen molar-refractivity contribution < 1.29 is 4.79 Å². The Morgan fingerprint density at radius 3 is 2.86 bits per heavy atom. The van der Waals surface area contributed by atoms with Crippen LogP contribution in [0.15, 0.2) is 12.4 Å². The molecule has 0 aliphatic carbocycles. The van der Waals surface area contributed by atoms with Gasteiger partial charge in [0.15, 0.2) is 0 Å². The number of nitrogens with zero attached hydrogens (tertiary/aromatic N) is 4. The van der Waals surface area contributed by atoms with Crippen LogP contribution in [0.3, 0.4) is 0 Å². The van der Waals surface area contributed by atoms with Crippen LogP contribution in [0.4, 0.5) is 5.82 Å². The summed E-state index contributed by atoms with van der Waals surface area (Å²) in [5.41, 5.74) is 0.315. The van der Waals surface area contributed by atoms with Crippen LogP contribution in [-0.4, -0.2) is 40.4 Å². The highest BCUT2D eigenvalue weighted by Crippen LogP contribution is 2.08. The molecule has 21 heavy (non-hydrogen) atoms. The van der Waals surface area contributed by atoms with Crippen LogP contribution in [0, 0.1) is 17.2 Å². The van der Waals surface area contributed by atoms with Crippen molar-refractivity contribution in [1.82, 2.24) is 14.9 Å². The number of amides is 1. The average Bonchev–Trinajstić information content (AvgIpc) is 2.48. The lowest BCUT2D eigenvalue weighted by Gasteiger charge is -2.23. The number of carbonyl (C=O) groups is 1. The van der Waals surface area contributed by atoms with Gasteiger partial charge in [-0.2, -0.15) is 5.26 Å². The molecule has 6 nitrogen and oxygen atoms in total. The van der Waals surface area contributed by atoms with Crippen molar-refractivity contribution in [3.63, 3.8) is 0 Å². The molecule has 0 atom stereocenters. The van der Waals surface area contributed by atoms with Crippen molar-refractivity contribution in [3.8, 4) is 6.07 Å². The molecule has 1 aromatic rings. The summed E-state index contributed by atoms with van der Waals surface area (Å²) in [5, 5.41) is 11.8. The molecule has 0 spiro atoms. The second-order valence-electron chi connectivity index (χ2n) is 5.27. The first-order chi connectivity index (χ1) is 10.1. The van der Waals surface area contributed by atoms with Gasteiger partial charge in [0.1, 0.15) is 11.5 Å². The number of carbonyl (C=O) groups excluding carboxylic acids is 1. The summed E-state index contributed by atoms with van der Waals surface area (Å²) in [7, 11) is 0. The second kappa shape index (κ2) is 8.90. The Labute approximate surface area is 126 Å². The zero-order valence-electron chi connectivity index (χ0n) is 13.0. The highest BCUT2D eigenvalue weighted by atomic mass is 16.2. The van der Waals surface area contributed by atoms with E-state index in [-0.39, 0.29) is 5.91 Å². The number of rotatable bonds is 8. The van der Waals surface area contributed by atoms with Crippen LogP contribution in [0.5, 0.6) is 0 Å². The Morgan fingerprint density at radius 2 is 2.24 bits per heavy atom. The highest BCUT2D eigenvalue weighted by molar-refractivity contribution is 5.92. The van der Waals surface area contributed by atoms with Crippen LogP contribution in [0.1, 0.15) is 44.1 Å². The third-order valence-electron chi connectivity index (χ3n) is 2.78. The first kappa shape index (κ1) is 16.9. The topological polar surface area (TPSA) is 81.9 Å². The molecule has 1 rings (SSSR count). The smallest absolute Gasteiger partial charge is 0.274 e. The van der Waals surface area contributed by atoms with E-state index in [1.807, 2.05) is 13.8 Å². The van der Waals surface area contributed by atoms with Crippen molar-refractivity contribution in [2.45, 2.75) is 33.6 Å². The fourth-order valence-corrected chi connectivity index (χ4v) is 1.87. The van der Waals surface area contributed by atoms with Crippen LogP contribution < -0.4 is 5.32 Å². The number of nitriles is 1. The monoisotopic (exact) mass is 289 g/mol. The van der Waals surface area contributed by atoms with Gasteiger partial charge in [-0.05, 0) is 12.3 Å². The molecule has 1 N–H and O–H groups in total. The van der Waals surface area contributed by atoms with Gasteiger partial charge in [0, 0.05) is 19.6 Å². The molecule has 114 valence electrons. The molecular weight excluding hydrogens is 266 g/mol. The first-order valence-electron chi connectivity index (χ1n) is 7.30. The average molecular weight is 289 g/mol. The maximum absolute atomic E-state index is 12.5. The molecule has 0 radical (unpaired) electrons. The highest BCUT2D eigenvalue weighted by Gasteiger charge is 2.18. The van der Waals surface area contributed by atoms with Crippen molar-refractivity contribution in [2.24, 2.45) is 5.92 Å². The molecule has 0 aliphatic heterocycles. The van der Waals surface area contributed by atoms with Gasteiger partial charge in [-0.15, -0.1) is 0 Å². The zero-order chi connectivity index (χ0) is 15.7. The fourth-order valence-electron chi connectivity index (χ4n) is 1.87. The standard InChI is InChI=1S/C15H23N5O/c1-4-7-18-14-10-17-9-13(19-14)15(21)20(8-5-6-16)11-12(2)3/h9-10,12H,4-5,7-8,11H2,1-3H3,(H,18,19). The summed E-state index contributed by atoms with van der Waals surface area (Å²) in [4.78, 5) is 22.5. The normalized spacial score (nSPS) is 10.2. The van der Waals surface area contributed by atoms with Crippen molar-refractivity contribution in [3.05, 3.63) is 18.1 Å². The lowest BCUT2D eigenvalue weighted by Crippen LogP contribution is -2.35. The van der Waals surface area contributed by atoms with Gasteiger partial charge in [-0.25, -0.2) is 4.98 Å². The molecular formula is C15H23N5O. The summed E-state index contributed by atoms with van der Waals surface area (Å²) < 4.78 is 0. The van der Waals surface area contributed by atoms with E-state index in [0.29, 0.717) is 36.9 Å². The minimum atomic E-state index is -0.174. The van der Waals surface area contributed by atoms with Gasteiger partial charge in [-0.3, -0.25) is 9.78 Å².